The van der Waals surface area contributed by atoms with Crippen LogP contribution in [0.1, 0.15) is 27.3 Å². The summed E-state index contributed by atoms with van der Waals surface area (Å²) in [6.07, 6.45) is 1.83. The molecule has 2 aromatic carbocycles. The number of aromatic nitrogens is 1. The quantitative estimate of drug-likeness (QED) is 0.378. The largest absolute Gasteiger partial charge is 0.358 e. The Labute approximate surface area is 175 Å². The molecule has 1 aliphatic heterocycles. The number of benzene rings is 2. The molecule has 0 aliphatic carbocycles. The molecular formula is C24H24N4O2. The summed E-state index contributed by atoms with van der Waals surface area (Å²) in [6.45, 7) is 3.09. The van der Waals surface area contributed by atoms with Gasteiger partial charge in [-0.3, -0.25) is 9.59 Å². The highest BCUT2D eigenvalue weighted by atomic mass is 16.2. The standard InChI is InChI=1S/C24H24N4O2/c1-15-21(24(30)26-13-12-25-2)22(16-8-4-3-5-9-16)20(27-15)14-18-17-10-6-7-11-19(17)28-23(18)29/h3-11,14,25,27H,12-13H2,1-2H3,(H,26,30)(H,28,29)/b18-14-. The number of likely N-dealkylation sites (N-methyl/N-ethyl adjacent to an activating group) is 1. The van der Waals surface area contributed by atoms with Crippen LogP contribution in [0.25, 0.3) is 22.8 Å². The SMILES string of the molecule is CNCCNC(=O)c1c(C)[nH]c(/C=C2\C(=O)Nc3ccccc32)c1-c1ccccc1. The predicted octanol–water partition coefficient (Wildman–Crippen LogP) is 3.43. The maximum absolute atomic E-state index is 13.0. The first kappa shape index (κ1) is 19.7. The van der Waals surface area contributed by atoms with E-state index in [4.69, 9.17) is 0 Å². The van der Waals surface area contributed by atoms with E-state index in [2.05, 4.69) is 20.9 Å². The molecule has 0 saturated heterocycles. The minimum absolute atomic E-state index is 0.140. The normalized spacial score (nSPS) is 13.9. The van der Waals surface area contributed by atoms with E-state index in [1.165, 1.54) is 0 Å². The first-order chi connectivity index (χ1) is 14.6. The minimum Gasteiger partial charge on any atom is -0.358 e. The average molecular weight is 400 g/mol. The Morgan fingerprint density at radius 1 is 1.03 bits per heavy atom. The molecule has 0 saturated carbocycles. The number of aryl methyl sites for hydroxylation is 1. The molecule has 1 aromatic heterocycles. The number of hydrogen-bond acceptors (Lipinski definition) is 3. The Hall–Kier alpha value is -3.64. The Morgan fingerprint density at radius 3 is 2.53 bits per heavy atom. The van der Waals surface area contributed by atoms with Gasteiger partial charge in [0.05, 0.1) is 11.1 Å². The van der Waals surface area contributed by atoms with Gasteiger partial charge >= 0.3 is 0 Å². The fourth-order valence-electron chi connectivity index (χ4n) is 3.76. The molecule has 0 spiro atoms. The van der Waals surface area contributed by atoms with Gasteiger partial charge in [-0.25, -0.2) is 0 Å². The van der Waals surface area contributed by atoms with Crippen LogP contribution in [-0.2, 0) is 4.79 Å². The zero-order chi connectivity index (χ0) is 21.1. The molecule has 1 aliphatic rings. The number of para-hydroxylation sites is 1. The van der Waals surface area contributed by atoms with Crippen LogP contribution in [-0.4, -0.2) is 36.9 Å². The Morgan fingerprint density at radius 2 is 1.77 bits per heavy atom. The van der Waals surface area contributed by atoms with Crippen LogP contribution in [0, 0.1) is 6.92 Å². The van der Waals surface area contributed by atoms with Gasteiger partial charge in [0.1, 0.15) is 0 Å². The summed E-state index contributed by atoms with van der Waals surface area (Å²) < 4.78 is 0. The summed E-state index contributed by atoms with van der Waals surface area (Å²) in [5.74, 6) is -0.290. The molecular weight excluding hydrogens is 376 g/mol. The van der Waals surface area contributed by atoms with Gasteiger partial charge in [0, 0.05) is 41.3 Å². The number of rotatable bonds is 6. The van der Waals surface area contributed by atoms with Crippen LogP contribution in [0.15, 0.2) is 54.6 Å². The van der Waals surface area contributed by atoms with Gasteiger partial charge in [-0.15, -0.1) is 0 Å². The van der Waals surface area contributed by atoms with Crippen LogP contribution in [0.3, 0.4) is 0 Å². The number of H-pyrrole nitrogens is 1. The van der Waals surface area contributed by atoms with E-state index in [1.54, 1.807) is 0 Å². The zero-order valence-electron chi connectivity index (χ0n) is 17.0. The van der Waals surface area contributed by atoms with Crippen LogP contribution in [0.2, 0.25) is 0 Å². The van der Waals surface area contributed by atoms with E-state index in [9.17, 15) is 9.59 Å². The van der Waals surface area contributed by atoms with E-state index >= 15 is 0 Å². The van der Waals surface area contributed by atoms with Crippen LogP contribution >= 0.6 is 0 Å². The van der Waals surface area contributed by atoms with E-state index in [-0.39, 0.29) is 11.8 Å². The molecule has 4 rings (SSSR count). The third-order valence-electron chi connectivity index (χ3n) is 5.17. The van der Waals surface area contributed by atoms with Crippen molar-refractivity contribution in [3.8, 4) is 11.1 Å². The van der Waals surface area contributed by atoms with Crippen molar-refractivity contribution in [2.45, 2.75) is 6.92 Å². The summed E-state index contributed by atoms with van der Waals surface area (Å²) >= 11 is 0. The summed E-state index contributed by atoms with van der Waals surface area (Å²) in [4.78, 5) is 28.9. The molecule has 152 valence electrons. The number of fused-ring (bicyclic) bond motifs is 1. The van der Waals surface area contributed by atoms with Crippen molar-refractivity contribution in [1.29, 1.82) is 0 Å². The summed E-state index contributed by atoms with van der Waals surface area (Å²) in [5.41, 5.74) is 6.02. The van der Waals surface area contributed by atoms with Crippen molar-refractivity contribution in [2.24, 2.45) is 0 Å². The lowest BCUT2D eigenvalue weighted by molar-refractivity contribution is -0.110. The molecule has 0 unspecified atom stereocenters. The van der Waals surface area contributed by atoms with Crippen molar-refractivity contribution in [3.05, 3.63) is 77.1 Å². The first-order valence-corrected chi connectivity index (χ1v) is 9.93. The molecule has 4 N–H and O–H groups in total. The van der Waals surface area contributed by atoms with Crippen LogP contribution in [0.5, 0.6) is 0 Å². The topological polar surface area (TPSA) is 86.0 Å². The number of anilines is 1. The third kappa shape index (κ3) is 3.65. The molecule has 6 heteroatoms. The zero-order valence-corrected chi connectivity index (χ0v) is 17.0. The molecule has 2 amide bonds. The monoisotopic (exact) mass is 400 g/mol. The predicted molar refractivity (Wildman–Crippen MR) is 120 cm³/mol. The van der Waals surface area contributed by atoms with E-state index < -0.39 is 0 Å². The summed E-state index contributed by atoms with van der Waals surface area (Å²) in [5, 5.41) is 8.89. The number of carbonyl (C=O) groups excluding carboxylic acids is 2. The maximum atomic E-state index is 13.0. The smallest absolute Gasteiger partial charge is 0.256 e. The summed E-state index contributed by atoms with van der Waals surface area (Å²) in [7, 11) is 1.85. The number of amides is 2. The van der Waals surface area contributed by atoms with Gasteiger partial charge < -0.3 is 20.9 Å². The molecule has 30 heavy (non-hydrogen) atoms. The van der Waals surface area contributed by atoms with Crippen molar-refractivity contribution < 1.29 is 9.59 Å². The van der Waals surface area contributed by atoms with Gasteiger partial charge in [0.15, 0.2) is 0 Å². The number of carbonyl (C=O) groups is 2. The van der Waals surface area contributed by atoms with E-state index in [1.807, 2.05) is 74.6 Å². The number of aromatic amines is 1. The lowest BCUT2D eigenvalue weighted by Gasteiger charge is -2.09. The van der Waals surface area contributed by atoms with Crippen LogP contribution < -0.4 is 16.0 Å². The highest BCUT2D eigenvalue weighted by molar-refractivity contribution is 6.35. The second kappa shape index (κ2) is 8.39. The molecule has 0 bridgehead atoms. The molecule has 0 fully saturated rings. The molecule has 3 aromatic rings. The highest BCUT2D eigenvalue weighted by Gasteiger charge is 2.26. The van der Waals surface area contributed by atoms with E-state index in [0.717, 1.165) is 33.8 Å². The lowest BCUT2D eigenvalue weighted by atomic mass is 9.97. The average Bonchev–Trinajstić information content (AvgIpc) is 3.25. The van der Waals surface area contributed by atoms with Gasteiger partial charge in [-0.05, 0) is 31.7 Å². The lowest BCUT2D eigenvalue weighted by Crippen LogP contribution is -2.30. The Balaban J connectivity index is 1.84. The number of nitrogens with one attached hydrogen (secondary N) is 4. The van der Waals surface area contributed by atoms with Gasteiger partial charge in [0.25, 0.3) is 11.8 Å². The summed E-state index contributed by atoms with van der Waals surface area (Å²) in [6, 6.07) is 17.4. The molecule has 2 heterocycles. The second-order valence-electron chi connectivity index (χ2n) is 7.20. The van der Waals surface area contributed by atoms with Gasteiger partial charge in [0.2, 0.25) is 0 Å². The maximum Gasteiger partial charge on any atom is 0.256 e. The third-order valence-corrected chi connectivity index (χ3v) is 5.17. The number of hydrogen-bond donors (Lipinski definition) is 4. The fraction of sp³-hybridized carbons (Fsp3) is 0.167. The first-order valence-electron chi connectivity index (χ1n) is 9.93. The highest BCUT2D eigenvalue weighted by Crippen LogP contribution is 2.36. The Kier molecular flexibility index (Phi) is 5.50. The van der Waals surface area contributed by atoms with Crippen molar-refractivity contribution >= 4 is 29.2 Å². The Bertz CT molecular complexity index is 1130. The van der Waals surface area contributed by atoms with Gasteiger partial charge in [-0.1, -0.05) is 48.5 Å². The van der Waals surface area contributed by atoms with E-state index in [0.29, 0.717) is 24.2 Å². The van der Waals surface area contributed by atoms with Crippen LogP contribution in [0.4, 0.5) is 5.69 Å². The molecule has 6 nitrogen and oxygen atoms in total. The molecule has 0 radical (unpaired) electrons. The van der Waals surface area contributed by atoms with Crippen molar-refractivity contribution in [3.63, 3.8) is 0 Å². The fourth-order valence-corrected chi connectivity index (χ4v) is 3.76. The van der Waals surface area contributed by atoms with Crippen molar-refractivity contribution in [1.82, 2.24) is 15.6 Å². The second-order valence-corrected chi connectivity index (χ2v) is 7.20. The van der Waals surface area contributed by atoms with Crippen molar-refractivity contribution in [2.75, 3.05) is 25.5 Å². The van der Waals surface area contributed by atoms with Gasteiger partial charge in [-0.2, -0.15) is 0 Å². The minimum atomic E-state index is -0.150. The molecule has 0 atom stereocenters.